The molecule has 0 radical (unpaired) electrons. The lowest BCUT2D eigenvalue weighted by Crippen LogP contribution is -2.40. The van der Waals surface area contributed by atoms with Gasteiger partial charge in [-0.1, -0.05) is 6.07 Å². The molecule has 0 atom stereocenters. The summed E-state index contributed by atoms with van der Waals surface area (Å²) in [6.45, 7) is 4.85. The molecule has 1 aliphatic heterocycles. The van der Waals surface area contributed by atoms with Crippen LogP contribution in [0.2, 0.25) is 0 Å². The van der Waals surface area contributed by atoms with Crippen LogP contribution in [0.4, 0.5) is 0 Å². The van der Waals surface area contributed by atoms with Crippen molar-refractivity contribution in [1.82, 2.24) is 14.5 Å². The number of aliphatic carboxylic acids is 1. The van der Waals surface area contributed by atoms with Crippen LogP contribution in [0.1, 0.15) is 34.6 Å². The van der Waals surface area contributed by atoms with Gasteiger partial charge in [-0.05, 0) is 44.9 Å². The van der Waals surface area contributed by atoms with Gasteiger partial charge in [0.15, 0.2) is 0 Å². The average molecular weight is 327 g/mol. The first-order chi connectivity index (χ1) is 11.5. The molecule has 0 aliphatic carbocycles. The highest BCUT2D eigenvalue weighted by Crippen LogP contribution is 2.24. The largest absolute Gasteiger partial charge is 0.481 e. The zero-order chi connectivity index (χ0) is 17.3. The summed E-state index contributed by atoms with van der Waals surface area (Å²) in [5, 5.41) is 9.08. The Morgan fingerprint density at radius 2 is 1.92 bits per heavy atom. The van der Waals surface area contributed by atoms with Gasteiger partial charge < -0.3 is 14.6 Å². The van der Waals surface area contributed by atoms with E-state index in [0.717, 1.165) is 17.2 Å². The molecule has 0 unspecified atom stereocenters. The maximum atomic E-state index is 12.8. The van der Waals surface area contributed by atoms with E-state index in [9.17, 15) is 9.59 Å². The Hall–Kier alpha value is -2.63. The standard InChI is InChI=1S/C18H21N3O3/c1-12-11-15(13(2)21(12)16-5-3-4-8-19-16)17(22)20-9-6-14(7-10-20)18(23)24/h3-5,8,11,14H,6-7,9-10H2,1-2H3,(H,23,24). The second-order valence-corrected chi connectivity index (χ2v) is 6.21. The monoisotopic (exact) mass is 327 g/mol. The molecule has 3 rings (SSSR count). The van der Waals surface area contributed by atoms with Crippen LogP contribution < -0.4 is 0 Å². The number of carboxylic acid groups (broad SMARTS) is 1. The summed E-state index contributed by atoms with van der Waals surface area (Å²) >= 11 is 0. The minimum Gasteiger partial charge on any atom is -0.481 e. The number of hydrogen-bond donors (Lipinski definition) is 1. The van der Waals surface area contributed by atoms with Gasteiger partial charge in [0, 0.05) is 30.7 Å². The summed E-state index contributed by atoms with van der Waals surface area (Å²) in [7, 11) is 0. The summed E-state index contributed by atoms with van der Waals surface area (Å²) in [4.78, 5) is 30.0. The van der Waals surface area contributed by atoms with Crippen LogP contribution in [-0.4, -0.2) is 44.5 Å². The molecule has 0 aromatic carbocycles. The fourth-order valence-electron chi connectivity index (χ4n) is 3.32. The molecule has 6 nitrogen and oxygen atoms in total. The third-order valence-corrected chi connectivity index (χ3v) is 4.67. The lowest BCUT2D eigenvalue weighted by molar-refractivity contribution is -0.143. The van der Waals surface area contributed by atoms with Crippen molar-refractivity contribution in [2.24, 2.45) is 5.92 Å². The Balaban J connectivity index is 1.83. The van der Waals surface area contributed by atoms with Crippen LogP contribution in [0.25, 0.3) is 5.82 Å². The smallest absolute Gasteiger partial charge is 0.306 e. The molecule has 1 amide bonds. The van der Waals surface area contributed by atoms with Crippen LogP contribution in [0.5, 0.6) is 0 Å². The number of pyridine rings is 1. The normalized spacial score (nSPS) is 15.5. The number of carbonyl (C=O) groups is 2. The zero-order valence-electron chi connectivity index (χ0n) is 13.9. The van der Waals surface area contributed by atoms with Crippen molar-refractivity contribution < 1.29 is 14.7 Å². The Morgan fingerprint density at radius 1 is 1.21 bits per heavy atom. The molecular weight excluding hydrogens is 306 g/mol. The van der Waals surface area contributed by atoms with Crippen molar-refractivity contribution in [3.8, 4) is 5.82 Å². The minimum atomic E-state index is -0.768. The van der Waals surface area contributed by atoms with E-state index in [1.165, 1.54) is 0 Å². The lowest BCUT2D eigenvalue weighted by atomic mass is 9.96. The first kappa shape index (κ1) is 16.2. The summed E-state index contributed by atoms with van der Waals surface area (Å²) < 4.78 is 1.97. The van der Waals surface area contributed by atoms with Crippen molar-refractivity contribution in [3.63, 3.8) is 0 Å². The first-order valence-electron chi connectivity index (χ1n) is 8.11. The molecule has 1 aliphatic rings. The van der Waals surface area contributed by atoms with Crippen LogP contribution in [0, 0.1) is 19.8 Å². The maximum absolute atomic E-state index is 12.8. The molecule has 1 saturated heterocycles. The van der Waals surface area contributed by atoms with Crippen LogP contribution in [0.15, 0.2) is 30.5 Å². The van der Waals surface area contributed by atoms with Crippen LogP contribution >= 0.6 is 0 Å². The second kappa shape index (κ2) is 6.47. The van der Waals surface area contributed by atoms with Gasteiger partial charge in [0.05, 0.1) is 11.5 Å². The van der Waals surface area contributed by atoms with Gasteiger partial charge in [-0.15, -0.1) is 0 Å². The van der Waals surface area contributed by atoms with Gasteiger partial charge in [-0.25, -0.2) is 4.98 Å². The van der Waals surface area contributed by atoms with Crippen LogP contribution in [-0.2, 0) is 4.79 Å². The van der Waals surface area contributed by atoms with E-state index in [4.69, 9.17) is 5.11 Å². The Morgan fingerprint density at radius 3 is 2.50 bits per heavy atom. The SMILES string of the molecule is Cc1cc(C(=O)N2CCC(C(=O)O)CC2)c(C)n1-c1ccccn1. The van der Waals surface area contributed by atoms with Gasteiger partial charge in [0.1, 0.15) is 5.82 Å². The number of carboxylic acids is 1. The van der Waals surface area contributed by atoms with Crippen molar-refractivity contribution in [3.05, 3.63) is 47.4 Å². The number of carbonyl (C=O) groups excluding carboxylic acids is 1. The van der Waals surface area contributed by atoms with E-state index in [-0.39, 0.29) is 11.8 Å². The molecule has 6 heteroatoms. The molecule has 126 valence electrons. The number of aromatic nitrogens is 2. The number of rotatable bonds is 3. The molecule has 1 fully saturated rings. The van der Waals surface area contributed by atoms with Gasteiger partial charge in [0.25, 0.3) is 5.91 Å². The summed E-state index contributed by atoms with van der Waals surface area (Å²) in [5.41, 5.74) is 2.47. The lowest BCUT2D eigenvalue weighted by Gasteiger charge is -2.30. The third kappa shape index (κ3) is 2.91. The van der Waals surface area contributed by atoms with Crippen molar-refractivity contribution in [2.45, 2.75) is 26.7 Å². The molecule has 2 aromatic heterocycles. The highest BCUT2D eigenvalue weighted by molar-refractivity contribution is 5.96. The van der Waals surface area contributed by atoms with Crippen molar-refractivity contribution >= 4 is 11.9 Å². The molecular formula is C18H21N3O3. The Labute approximate surface area is 140 Å². The number of nitrogens with zero attached hydrogens (tertiary/aromatic N) is 3. The number of likely N-dealkylation sites (tertiary alicyclic amines) is 1. The quantitative estimate of drug-likeness (QED) is 0.939. The summed E-state index contributed by atoms with van der Waals surface area (Å²) in [6, 6.07) is 7.57. The number of amides is 1. The van der Waals surface area contributed by atoms with Crippen molar-refractivity contribution in [1.29, 1.82) is 0 Å². The van der Waals surface area contributed by atoms with E-state index in [1.54, 1.807) is 11.1 Å². The van der Waals surface area contributed by atoms with Crippen LogP contribution in [0.3, 0.4) is 0 Å². The zero-order valence-corrected chi connectivity index (χ0v) is 13.9. The summed E-state index contributed by atoms with van der Waals surface area (Å²) in [5.74, 6) is -0.351. The highest BCUT2D eigenvalue weighted by atomic mass is 16.4. The molecule has 2 aromatic rings. The second-order valence-electron chi connectivity index (χ2n) is 6.21. The Kier molecular flexibility index (Phi) is 4.38. The van der Waals surface area contributed by atoms with Gasteiger partial charge >= 0.3 is 5.97 Å². The van der Waals surface area contributed by atoms with Gasteiger partial charge in [-0.3, -0.25) is 9.59 Å². The molecule has 0 spiro atoms. The van der Waals surface area contributed by atoms with E-state index < -0.39 is 5.97 Å². The van der Waals surface area contributed by atoms with Gasteiger partial charge in [-0.2, -0.15) is 0 Å². The van der Waals surface area contributed by atoms with E-state index >= 15 is 0 Å². The third-order valence-electron chi connectivity index (χ3n) is 4.67. The van der Waals surface area contributed by atoms with E-state index in [0.29, 0.717) is 31.5 Å². The van der Waals surface area contributed by atoms with Gasteiger partial charge in [0.2, 0.25) is 0 Å². The predicted octanol–water partition coefficient (Wildman–Crippen LogP) is 2.43. The highest BCUT2D eigenvalue weighted by Gasteiger charge is 2.29. The predicted molar refractivity (Wildman–Crippen MR) is 89.3 cm³/mol. The molecule has 3 heterocycles. The number of piperidine rings is 1. The molecule has 24 heavy (non-hydrogen) atoms. The minimum absolute atomic E-state index is 0.0332. The number of hydrogen-bond acceptors (Lipinski definition) is 3. The van der Waals surface area contributed by atoms with E-state index in [1.807, 2.05) is 42.7 Å². The van der Waals surface area contributed by atoms with E-state index in [2.05, 4.69) is 4.98 Å². The average Bonchev–Trinajstić information content (AvgIpc) is 2.89. The molecule has 1 N–H and O–H groups in total. The fourth-order valence-corrected chi connectivity index (χ4v) is 3.32. The van der Waals surface area contributed by atoms with Crippen molar-refractivity contribution in [2.75, 3.05) is 13.1 Å². The fraction of sp³-hybridized carbons (Fsp3) is 0.389. The number of aryl methyl sites for hydroxylation is 1. The first-order valence-corrected chi connectivity index (χ1v) is 8.11. The maximum Gasteiger partial charge on any atom is 0.306 e. The Bertz CT molecular complexity index is 759. The molecule has 0 bridgehead atoms. The topological polar surface area (TPSA) is 75.4 Å². The summed E-state index contributed by atoms with van der Waals surface area (Å²) in [6.07, 6.45) is 2.76. The molecule has 0 saturated carbocycles.